The predicted molar refractivity (Wildman–Crippen MR) is 67.3 cm³/mol. The van der Waals surface area contributed by atoms with E-state index in [1.807, 2.05) is 0 Å². The average Bonchev–Trinajstić information content (AvgIpc) is 2.35. The number of ether oxygens (including phenoxy) is 1. The molecule has 0 aliphatic heterocycles. The maximum Gasteiger partial charge on any atom is 0.146 e. The molecule has 5 heteroatoms. The second kappa shape index (κ2) is 5.51. The Morgan fingerprint density at radius 3 is 2.50 bits per heavy atom. The van der Waals surface area contributed by atoms with Crippen LogP contribution >= 0.6 is 11.6 Å². The summed E-state index contributed by atoms with van der Waals surface area (Å²) < 4.78 is 18.3. The van der Waals surface area contributed by atoms with Gasteiger partial charge in [0.15, 0.2) is 0 Å². The maximum absolute atomic E-state index is 12.8. The molecular formula is C13H9ClFNO2. The summed E-state index contributed by atoms with van der Waals surface area (Å²) in [4.78, 5) is 0. The molecule has 0 saturated heterocycles. The van der Waals surface area contributed by atoms with Gasteiger partial charge in [-0.15, -0.1) is 0 Å². The number of rotatable bonds is 3. The van der Waals surface area contributed by atoms with Crippen molar-refractivity contribution in [2.24, 2.45) is 5.16 Å². The van der Waals surface area contributed by atoms with E-state index in [0.717, 1.165) is 5.56 Å². The lowest BCUT2D eigenvalue weighted by molar-refractivity contribution is 0.322. The Labute approximate surface area is 108 Å². The highest BCUT2D eigenvalue weighted by molar-refractivity contribution is 6.32. The minimum Gasteiger partial charge on any atom is -0.456 e. The van der Waals surface area contributed by atoms with Crippen LogP contribution in [0.15, 0.2) is 47.6 Å². The normalized spacial score (nSPS) is 10.8. The van der Waals surface area contributed by atoms with Crippen LogP contribution in [0.4, 0.5) is 4.39 Å². The third-order valence-electron chi connectivity index (χ3n) is 2.21. The van der Waals surface area contributed by atoms with E-state index >= 15 is 0 Å². The molecule has 0 heterocycles. The van der Waals surface area contributed by atoms with Crippen molar-refractivity contribution >= 4 is 17.8 Å². The van der Waals surface area contributed by atoms with Gasteiger partial charge < -0.3 is 9.94 Å². The summed E-state index contributed by atoms with van der Waals surface area (Å²) in [5, 5.41) is 11.5. The minimum atomic E-state index is -0.415. The van der Waals surface area contributed by atoms with Crippen molar-refractivity contribution in [1.29, 1.82) is 0 Å². The van der Waals surface area contributed by atoms with Gasteiger partial charge in [-0.3, -0.25) is 0 Å². The first-order valence-corrected chi connectivity index (χ1v) is 5.47. The van der Waals surface area contributed by atoms with E-state index < -0.39 is 5.82 Å². The highest BCUT2D eigenvalue weighted by atomic mass is 35.5. The van der Waals surface area contributed by atoms with E-state index in [-0.39, 0.29) is 5.02 Å². The van der Waals surface area contributed by atoms with Gasteiger partial charge in [0, 0.05) is 0 Å². The smallest absolute Gasteiger partial charge is 0.146 e. The van der Waals surface area contributed by atoms with Crippen molar-refractivity contribution < 1.29 is 14.3 Å². The van der Waals surface area contributed by atoms with E-state index in [0.29, 0.717) is 11.5 Å². The second-order valence-corrected chi connectivity index (χ2v) is 3.90. The van der Waals surface area contributed by atoms with Crippen LogP contribution in [0.2, 0.25) is 5.02 Å². The molecule has 0 fully saturated rings. The Balaban J connectivity index is 2.18. The van der Waals surface area contributed by atoms with Crippen molar-refractivity contribution in [3.8, 4) is 11.5 Å². The van der Waals surface area contributed by atoms with E-state index in [9.17, 15) is 4.39 Å². The lowest BCUT2D eigenvalue weighted by atomic mass is 10.2. The van der Waals surface area contributed by atoms with Crippen LogP contribution in [0.1, 0.15) is 5.56 Å². The zero-order valence-electron chi connectivity index (χ0n) is 9.18. The molecule has 0 atom stereocenters. The van der Waals surface area contributed by atoms with Crippen molar-refractivity contribution in [1.82, 2.24) is 0 Å². The molecule has 0 unspecified atom stereocenters. The summed E-state index contributed by atoms with van der Waals surface area (Å²) in [6, 6.07) is 10.7. The largest absolute Gasteiger partial charge is 0.456 e. The molecule has 1 N–H and O–H groups in total. The summed E-state index contributed by atoms with van der Waals surface area (Å²) in [6.07, 6.45) is 1.30. The van der Waals surface area contributed by atoms with Gasteiger partial charge in [-0.25, -0.2) is 4.39 Å². The van der Waals surface area contributed by atoms with Crippen molar-refractivity contribution in [3.63, 3.8) is 0 Å². The molecule has 2 rings (SSSR count). The van der Waals surface area contributed by atoms with E-state index in [2.05, 4.69) is 5.16 Å². The fraction of sp³-hybridized carbons (Fsp3) is 0. The molecule has 0 aromatic heterocycles. The average molecular weight is 266 g/mol. The Bertz CT molecular complexity index is 570. The molecule has 2 aromatic carbocycles. The first-order valence-electron chi connectivity index (χ1n) is 5.09. The third kappa shape index (κ3) is 2.99. The zero-order chi connectivity index (χ0) is 13.0. The van der Waals surface area contributed by atoms with Gasteiger partial charge in [-0.05, 0) is 48.0 Å². The third-order valence-corrected chi connectivity index (χ3v) is 2.50. The van der Waals surface area contributed by atoms with E-state index in [4.69, 9.17) is 21.5 Å². The first-order chi connectivity index (χ1) is 8.69. The molecule has 0 spiro atoms. The van der Waals surface area contributed by atoms with Crippen molar-refractivity contribution in [2.75, 3.05) is 0 Å². The highest BCUT2D eigenvalue weighted by Gasteiger charge is 2.04. The van der Waals surface area contributed by atoms with Crippen LogP contribution in [0.25, 0.3) is 0 Å². The Morgan fingerprint density at radius 2 is 1.89 bits per heavy atom. The lowest BCUT2D eigenvalue weighted by Crippen LogP contribution is -1.87. The van der Waals surface area contributed by atoms with Crippen LogP contribution < -0.4 is 4.74 Å². The number of hydrogen-bond donors (Lipinski definition) is 1. The SMILES string of the molecule is ON=Cc1ccc(Oc2ccc(F)cc2Cl)cc1. The van der Waals surface area contributed by atoms with Crippen LogP contribution in [-0.2, 0) is 0 Å². The number of hydrogen-bond acceptors (Lipinski definition) is 3. The van der Waals surface area contributed by atoms with Crippen LogP contribution in [-0.4, -0.2) is 11.4 Å². The zero-order valence-corrected chi connectivity index (χ0v) is 9.93. The number of nitrogens with zero attached hydrogens (tertiary/aromatic N) is 1. The van der Waals surface area contributed by atoms with Gasteiger partial charge in [0.25, 0.3) is 0 Å². The van der Waals surface area contributed by atoms with Crippen molar-refractivity contribution in [3.05, 3.63) is 58.9 Å². The van der Waals surface area contributed by atoms with Crippen molar-refractivity contribution in [2.45, 2.75) is 0 Å². The second-order valence-electron chi connectivity index (χ2n) is 3.49. The van der Waals surface area contributed by atoms with Gasteiger partial charge in [0.05, 0.1) is 11.2 Å². The summed E-state index contributed by atoms with van der Waals surface area (Å²) in [5.74, 6) is 0.516. The predicted octanol–water partition coefficient (Wildman–Crippen LogP) is 4.08. The Hall–Kier alpha value is -2.07. The lowest BCUT2D eigenvalue weighted by Gasteiger charge is -2.07. The first kappa shape index (κ1) is 12.4. The fourth-order valence-electron chi connectivity index (χ4n) is 1.37. The van der Waals surface area contributed by atoms with Gasteiger partial charge in [-0.1, -0.05) is 16.8 Å². The van der Waals surface area contributed by atoms with Crippen LogP contribution in [0.3, 0.4) is 0 Å². The Morgan fingerprint density at radius 1 is 1.17 bits per heavy atom. The van der Waals surface area contributed by atoms with Crippen LogP contribution in [0, 0.1) is 5.82 Å². The molecule has 92 valence electrons. The van der Waals surface area contributed by atoms with E-state index in [1.54, 1.807) is 24.3 Å². The minimum absolute atomic E-state index is 0.205. The molecule has 18 heavy (non-hydrogen) atoms. The van der Waals surface area contributed by atoms with Gasteiger partial charge in [0.2, 0.25) is 0 Å². The molecule has 2 aromatic rings. The van der Waals surface area contributed by atoms with Gasteiger partial charge in [0.1, 0.15) is 17.3 Å². The highest BCUT2D eigenvalue weighted by Crippen LogP contribution is 2.29. The molecule has 0 aliphatic rings. The summed E-state index contributed by atoms with van der Waals surface area (Å²) in [6.45, 7) is 0. The molecule has 0 saturated carbocycles. The molecule has 0 bridgehead atoms. The number of benzene rings is 2. The Kier molecular flexibility index (Phi) is 3.79. The van der Waals surface area contributed by atoms with E-state index in [1.165, 1.54) is 24.4 Å². The molecule has 0 radical (unpaired) electrons. The van der Waals surface area contributed by atoms with Gasteiger partial charge in [-0.2, -0.15) is 0 Å². The fourth-order valence-corrected chi connectivity index (χ4v) is 1.58. The standard InChI is InChI=1S/C13H9ClFNO2/c14-12-7-10(15)3-6-13(12)18-11-4-1-9(2-5-11)8-16-17/h1-8,17H. The molecule has 0 aliphatic carbocycles. The maximum atomic E-state index is 12.8. The molecular weight excluding hydrogens is 257 g/mol. The van der Waals surface area contributed by atoms with Gasteiger partial charge >= 0.3 is 0 Å². The topological polar surface area (TPSA) is 41.8 Å². The monoisotopic (exact) mass is 265 g/mol. The van der Waals surface area contributed by atoms with Crippen LogP contribution in [0.5, 0.6) is 11.5 Å². The molecule has 0 amide bonds. The number of oxime groups is 1. The summed E-state index contributed by atoms with van der Waals surface area (Å²) >= 11 is 5.84. The number of halogens is 2. The summed E-state index contributed by atoms with van der Waals surface area (Å²) in [5.41, 5.74) is 0.732. The quantitative estimate of drug-likeness (QED) is 0.516. The molecule has 3 nitrogen and oxygen atoms in total. The summed E-state index contributed by atoms with van der Waals surface area (Å²) in [7, 11) is 0.